The molecule has 0 bridgehead atoms. The molecule has 0 aromatic rings. The molecule has 0 heterocycles. The van der Waals surface area contributed by atoms with E-state index < -0.39 is 0 Å². The Morgan fingerprint density at radius 1 is 2.00 bits per heavy atom. The van der Waals surface area contributed by atoms with Gasteiger partial charge >= 0.3 is 0 Å². The molecule has 0 aliphatic rings. The fourth-order valence-corrected chi connectivity index (χ4v) is 0.660. The molecular weight excluding hydrogens is 152 g/mol. The van der Waals surface area contributed by atoms with Crippen LogP contribution in [0.25, 0.3) is 0 Å². The summed E-state index contributed by atoms with van der Waals surface area (Å²) in [6, 6.07) is 0. The number of rotatable bonds is 1. The van der Waals surface area contributed by atoms with Gasteiger partial charge < -0.3 is 0 Å². The molecule has 0 fully saturated rings. The van der Waals surface area contributed by atoms with Gasteiger partial charge in [0.15, 0.2) is 0 Å². The van der Waals surface area contributed by atoms with Crippen molar-refractivity contribution < 1.29 is 0 Å². The van der Waals surface area contributed by atoms with Crippen molar-refractivity contribution in [1.29, 1.82) is 0 Å². The largest absolute Gasteiger partial charge is 0.115 e. The summed E-state index contributed by atoms with van der Waals surface area (Å²) in [5, 5.41) is 0.850. The summed E-state index contributed by atoms with van der Waals surface area (Å²) in [4.78, 5) is 0. The Bertz CT molecular complexity index is 106. The Morgan fingerprint density at radius 3 is 2.71 bits per heavy atom. The molecule has 0 atom stereocenters. The van der Waals surface area contributed by atoms with Crippen molar-refractivity contribution in [3.8, 4) is 12.3 Å². The summed E-state index contributed by atoms with van der Waals surface area (Å²) in [5.74, 6) is 2.50. The number of hydrogen-bond donors (Lipinski definition) is 0. The molecule has 0 aromatic heterocycles. The molecule has 0 saturated carbocycles. The van der Waals surface area contributed by atoms with Crippen molar-refractivity contribution in [1.82, 2.24) is 0 Å². The fourth-order valence-electron chi connectivity index (χ4n) is 0.175. The van der Waals surface area contributed by atoms with Gasteiger partial charge in [0.05, 0.1) is 0 Å². The zero-order valence-corrected chi connectivity index (χ0v) is 5.83. The first-order valence-corrected chi connectivity index (χ1v) is 3.12. The Hall–Kier alpha value is -0.220. The van der Waals surface area contributed by atoms with Crippen LogP contribution in [-0.2, 0) is 0 Å². The maximum Gasteiger partial charge on any atom is 0.0223 e. The third kappa shape index (κ3) is 3.61. The highest BCUT2D eigenvalue weighted by Gasteiger charge is 1.73. The van der Waals surface area contributed by atoms with E-state index in [0.29, 0.717) is 0 Å². The lowest BCUT2D eigenvalue weighted by atomic mass is 10.3. The van der Waals surface area contributed by atoms with Crippen LogP contribution in [0.3, 0.4) is 0 Å². The number of halogens is 1. The highest BCUT2D eigenvalue weighted by atomic mass is 79.9. The van der Waals surface area contributed by atoms with Crippen LogP contribution in [0.15, 0.2) is 11.6 Å². The monoisotopic (exact) mass is 158 g/mol. The molecule has 0 saturated heterocycles. The molecule has 0 N–H and O–H groups in total. The van der Waals surface area contributed by atoms with E-state index in [4.69, 9.17) is 6.42 Å². The lowest BCUT2D eigenvalue weighted by molar-refractivity contribution is 1.54. The van der Waals surface area contributed by atoms with Crippen molar-refractivity contribution in [3.63, 3.8) is 0 Å². The molecular formula is C6H7Br. The summed E-state index contributed by atoms with van der Waals surface area (Å²) < 4.78 is 0. The van der Waals surface area contributed by atoms with Gasteiger partial charge in [-0.2, -0.15) is 0 Å². The maximum atomic E-state index is 5.02. The predicted molar refractivity (Wildman–Crippen MR) is 36.4 cm³/mol. The van der Waals surface area contributed by atoms with Crippen molar-refractivity contribution in [2.45, 2.75) is 6.92 Å². The second kappa shape index (κ2) is 3.95. The van der Waals surface area contributed by atoms with E-state index in [0.717, 1.165) is 10.9 Å². The van der Waals surface area contributed by atoms with Crippen LogP contribution in [0.2, 0.25) is 0 Å². The average molecular weight is 159 g/mol. The molecule has 0 rings (SSSR count). The van der Waals surface area contributed by atoms with Crippen molar-refractivity contribution in [2.24, 2.45) is 0 Å². The van der Waals surface area contributed by atoms with Gasteiger partial charge in [-0.25, -0.2) is 0 Å². The molecule has 38 valence electrons. The highest BCUT2D eigenvalue weighted by molar-refractivity contribution is 9.09. The number of terminal acetylenes is 1. The minimum absolute atomic E-state index is 0.850. The van der Waals surface area contributed by atoms with Crippen LogP contribution < -0.4 is 0 Å². The molecule has 0 radical (unpaired) electrons. The van der Waals surface area contributed by atoms with Crippen molar-refractivity contribution >= 4 is 15.9 Å². The Morgan fingerprint density at radius 2 is 2.57 bits per heavy atom. The van der Waals surface area contributed by atoms with Crippen molar-refractivity contribution in [2.75, 3.05) is 5.33 Å². The molecule has 7 heavy (non-hydrogen) atoms. The standard InChI is InChI=1S/C6H7Br/c1-3-6(2)4-5-7/h1,4H,5H2,2H3/b6-4-. The molecule has 0 amide bonds. The van der Waals surface area contributed by atoms with Gasteiger partial charge in [-0.1, -0.05) is 27.9 Å². The van der Waals surface area contributed by atoms with Crippen LogP contribution in [-0.4, -0.2) is 5.33 Å². The van der Waals surface area contributed by atoms with E-state index in [-0.39, 0.29) is 0 Å². The lowest BCUT2D eigenvalue weighted by Gasteiger charge is -1.79. The molecule has 0 unspecified atom stereocenters. The van der Waals surface area contributed by atoms with E-state index in [1.807, 2.05) is 13.0 Å². The summed E-state index contributed by atoms with van der Waals surface area (Å²) in [7, 11) is 0. The zero-order valence-electron chi connectivity index (χ0n) is 4.24. The van der Waals surface area contributed by atoms with Crippen LogP contribution >= 0.6 is 15.9 Å². The molecule has 0 spiro atoms. The first-order valence-electron chi connectivity index (χ1n) is 2.00. The second-order valence-corrected chi connectivity index (χ2v) is 1.83. The molecule has 0 aliphatic heterocycles. The molecule has 0 aliphatic carbocycles. The van der Waals surface area contributed by atoms with Gasteiger partial charge in [0.2, 0.25) is 0 Å². The van der Waals surface area contributed by atoms with Crippen LogP contribution in [0.1, 0.15) is 6.92 Å². The fraction of sp³-hybridized carbons (Fsp3) is 0.333. The lowest BCUT2D eigenvalue weighted by Crippen LogP contribution is -1.66. The first-order chi connectivity index (χ1) is 3.31. The Labute approximate surface area is 52.7 Å². The van der Waals surface area contributed by atoms with Crippen LogP contribution in [0.5, 0.6) is 0 Å². The predicted octanol–water partition coefficient (Wildman–Crippen LogP) is 1.96. The van der Waals surface area contributed by atoms with Gasteiger partial charge in [-0.15, -0.1) is 6.42 Å². The number of allylic oxidation sites excluding steroid dienone is 2. The smallest absolute Gasteiger partial charge is 0.0223 e. The molecule has 0 aromatic carbocycles. The SMILES string of the molecule is C#C/C(C)=C\CBr. The van der Waals surface area contributed by atoms with Gasteiger partial charge in [0.25, 0.3) is 0 Å². The van der Waals surface area contributed by atoms with E-state index in [9.17, 15) is 0 Å². The van der Waals surface area contributed by atoms with E-state index in [1.54, 1.807) is 0 Å². The first kappa shape index (κ1) is 6.78. The normalized spacial score (nSPS) is 10.7. The maximum absolute atomic E-state index is 5.02. The van der Waals surface area contributed by atoms with Gasteiger partial charge in [-0.3, -0.25) is 0 Å². The third-order valence-electron chi connectivity index (χ3n) is 0.611. The third-order valence-corrected chi connectivity index (χ3v) is 0.935. The number of alkyl halides is 1. The molecule has 1 heteroatoms. The van der Waals surface area contributed by atoms with Crippen LogP contribution in [0.4, 0.5) is 0 Å². The van der Waals surface area contributed by atoms with E-state index in [1.165, 1.54) is 0 Å². The topological polar surface area (TPSA) is 0 Å². The van der Waals surface area contributed by atoms with Gasteiger partial charge in [0.1, 0.15) is 0 Å². The molecule has 0 nitrogen and oxygen atoms in total. The highest BCUT2D eigenvalue weighted by Crippen LogP contribution is 1.90. The summed E-state index contributed by atoms with van der Waals surface area (Å²) in [5.41, 5.74) is 0.983. The van der Waals surface area contributed by atoms with E-state index in [2.05, 4.69) is 21.9 Å². The Kier molecular flexibility index (Phi) is 3.83. The quantitative estimate of drug-likeness (QED) is 0.405. The Balaban J connectivity index is 3.57. The summed E-state index contributed by atoms with van der Waals surface area (Å²) in [6.45, 7) is 1.90. The van der Waals surface area contributed by atoms with Gasteiger partial charge in [0, 0.05) is 5.33 Å². The van der Waals surface area contributed by atoms with E-state index >= 15 is 0 Å². The van der Waals surface area contributed by atoms with Crippen LogP contribution in [0, 0.1) is 12.3 Å². The summed E-state index contributed by atoms with van der Waals surface area (Å²) >= 11 is 3.22. The minimum atomic E-state index is 0.850. The summed E-state index contributed by atoms with van der Waals surface area (Å²) in [6.07, 6.45) is 6.96. The average Bonchev–Trinajstić information content (AvgIpc) is 1.68. The minimum Gasteiger partial charge on any atom is -0.115 e. The van der Waals surface area contributed by atoms with Gasteiger partial charge in [-0.05, 0) is 12.5 Å². The zero-order chi connectivity index (χ0) is 5.70. The number of hydrogen-bond acceptors (Lipinski definition) is 0. The second-order valence-electron chi connectivity index (χ2n) is 1.19. The van der Waals surface area contributed by atoms with Crippen molar-refractivity contribution in [3.05, 3.63) is 11.6 Å².